The predicted molar refractivity (Wildman–Crippen MR) is 96.3 cm³/mol. The van der Waals surface area contributed by atoms with Gasteiger partial charge >= 0.3 is 0 Å². The summed E-state index contributed by atoms with van der Waals surface area (Å²) in [7, 11) is 0. The Kier molecular flexibility index (Phi) is 5.36. The lowest BCUT2D eigenvalue weighted by atomic mass is 10.1. The zero-order valence-corrected chi connectivity index (χ0v) is 14.0. The number of hydrogen-bond donors (Lipinski definition) is 0. The monoisotopic (exact) mass is 333 g/mol. The fourth-order valence-electron chi connectivity index (χ4n) is 2.25. The summed E-state index contributed by atoms with van der Waals surface area (Å²) in [5, 5.41) is 4.11. The molecule has 0 spiro atoms. The van der Waals surface area contributed by atoms with Crippen LogP contribution in [0.4, 0.5) is 0 Å². The van der Waals surface area contributed by atoms with Crippen molar-refractivity contribution in [3.05, 3.63) is 84.0 Å². The van der Waals surface area contributed by atoms with Crippen LogP contribution < -0.4 is 4.74 Å². The maximum atomic E-state index is 12.1. The van der Waals surface area contributed by atoms with Gasteiger partial charge in [-0.25, -0.2) is 0 Å². The van der Waals surface area contributed by atoms with Crippen molar-refractivity contribution in [3.63, 3.8) is 0 Å². The molecule has 126 valence electrons. The van der Waals surface area contributed by atoms with Gasteiger partial charge in [-0.05, 0) is 48.4 Å². The van der Waals surface area contributed by atoms with Crippen LogP contribution in [0.2, 0.25) is 0 Å². The van der Waals surface area contributed by atoms with E-state index in [1.807, 2.05) is 43.3 Å². The summed E-state index contributed by atoms with van der Waals surface area (Å²) >= 11 is 0. The molecule has 0 atom stereocenters. The van der Waals surface area contributed by atoms with Gasteiger partial charge in [-0.2, -0.15) is 5.10 Å². The van der Waals surface area contributed by atoms with Crippen LogP contribution >= 0.6 is 0 Å². The topological polar surface area (TPSA) is 57.0 Å². The molecule has 0 bridgehead atoms. The summed E-state index contributed by atoms with van der Waals surface area (Å²) in [6.45, 7) is 3.23. The predicted octanol–water partition coefficient (Wildman–Crippen LogP) is 3.77. The molecule has 3 rings (SSSR count). The highest BCUT2D eigenvalue weighted by atomic mass is 16.5. The van der Waals surface area contributed by atoms with Crippen LogP contribution in [0, 0.1) is 0 Å². The van der Waals surface area contributed by atoms with E-state index in [4.69, 9.17) is 4.74 Å². The number of benzene rings is 1. The van der Waals surface area contributed by atoms with Crippen molar-refractivity contribution >= 4 is 11.9 Å². The summed E-state index contributed by atoms with van der Waals surface area (Å²) in [6, 6.07) is 11.5. The van der Waals surface area contributed by atoms with Crippen molar-refractivity contribution in [3.8, 4) is 5.75 Å². The summed E-state index contributed by atoms with van der Waals surface area (Å²) in [4.78, 5) is 16.1. The molecule has 3 aromatic rings. The number of hydrogen-bond acceptors (Lipinski definition) is 4. The van der Waals surface area contributed by atoms with Crippen LogP contribution in [0.25, 0.3) is 6.08 Å². The molecule has 0 aliphatic rings. The number of carbonyl (C=O) groups is 1. The average molecular weight is 333 g/mol. The molecule has 2 heterocycles. The summed E-state index contributed by atoms with van der Waals surface area (Å²) in [5.74, 6) is 0.724. The van der Waals surface area contributed by atoms with Gasteiger partial charge in [-0.3, -0.25) is 14.5 Å². The van der Waals surface area contributed by atoms with E-state index in [9.17, 15) is 4.79 Å². The number of nitrogens with zero attached hydrogens (tertiary/aromatic N) is 3. The maximum absolute atomic E-state index is 12.1. The van der Waals surface area contributed by atoms with Gasteiger partial charge in [0.2, 0.25) is 0 Å². The number of carbonyl (C=O) groups excluding carboxylic acids is 1. The van der Waals surface area contributed by atoms with Crippen LogP contribution in [0.1, 0.15) is 28.4 Å². The number of rotatable bonds is 7. The first-order valence-corrected chi connectivity index (χ1v) is 8.11. The molecule has 2 aromatic heterocycles. The molecule has 1 aromatic carbocycles. The fraction of sp³-hybridized carbons (Fsp3) is 0.150. The Labute approximate surface area is 146 Å². The number of allylic oxidation sites excluding steroid dienone is 1. The van der Waals surface area contributed by atoms with E-state index < -0.39 is 0 Å². The molecule has 0 radical (unpaired) electrons. The van der Waals surface area contributed by atoms with E-state index in [1.165, 1.54) is 0 Å². The van der Waals surface area contributed by atoms with Gasteiger partial charge in [-0.1, -0.05) is 18.2 Å². The summed E-state index contributed by atoms with van der Waals surface area (Å²) < 4.78 is 7.46. The first-order chi connectivity index (χ1) is 12.2. The van der Waals surface area contributed by atoms with Gasteiger partial charge in [0.05, 0.1) is 11.8 Å². The number of aromatic nitrogens is 3. The lowest BCUT2D eigenvalue weighted by Gasteiger charge is -2.06. The van der Waals surface area contributed by atoms with Crippen LogP contribution in [0.3, 0.4) is 0 Å². The van der Waals surface area contributed by atoms with Crippen LogP contribution in [0.5, 0.6) is 5.75 Å². The molecule has 0 unspecified atom stereocenters. The molecule has 5 nitrogen and oxygen atoms in total. The average Bonchev–Trinajstić information content (AvgIpc) is 3.15. The van der Waals surface area contributed by atoms with Gasteiger partial charge in [0.25, 0.3) is 0 Å². The second-order valence-corrected chi connectivity index (χ2v) is 5.50. The Morgan fingerprint density at radius 3 is 2.60 bits per heavy atom. The van der Waals surface area contributed by atoms with E-state index >= 15 is 0 Å². The Balaban J connectivity index is 1.57. The molecule has 0 aliphatic heterocycles. The zero-order valence-electron chi connectivity index (χ0n) is 14.0. The molecule has 0 aliphatic carbocycles. The number of pyridine rings is 1. The lowest BCUT2D eigenvalue weighted by Crippen LogP contribution is -1.95. The van der Waals surface area contributed by atoms with Gasteiger partial charge in [-0.15, -0.1) is 0 Å². The number of ketones is 1. The highest BCUT2D eigenvalue weighted by Crippen LogP contribution is 2.15. The van der Waals surface area contributed by atoms with Crippen molar-refractivity contribution in [2.75, 3.05) is 0 Å². The Bertz CT molecular complexity index is 852. The Morgan fingerprint density at radius 2 is 1.92 bits per heavy atom. The highest BCUT2D eigenvalue weighted by molar-refractivity contribution is 6.06. The molecular weight excluding hydrogens is 314 g/mol. The third-order valence-electron chi connectivity index (χ3n) is 3.70. The number of aryl methyl sites for hydroxylation is 1. The minimum absolute atomic E-state index is 0.0577. The molecule has 25 heavy (non-hydrogen) atoms. The van der Waals surface area contributed by atoms with Crippen molar-refractivity contribution in [1.82, 2.24) is 14.8 Å². The smallest absolute Gasteiger partial charge is 0.189 e. The van der Waals surface area contributed by atoms with Crippen LogP contribution in [-0.2, 0) is 13.2 Å². The normalized spacial score (nSPS) is 10.9. The Hall–Kier alpha value is -3.21. The van der Waals surface area contributed by atoms with Gasteiger partial charge in [0.15, 0.2) is 5.78 Å². The van der Waals surface area contributed by atoms with Crippen molar-refractivity contribution < 1.29 is 9.53 Å². The molecule has 0 amide bonds. The summed E-state index contributed by atoms with van der Waals surface area (Å²) in [6.07, 6.45) is 10.2. The van der Waals surface area contributed by atoms with E-state index in [2.05, 4.69) is 10.1 Å². The van der Waals surface area contributed by atoms with E-state index in [-0.39, 0.29) is 5.78 Å². The molecule has 0 N–H and O–H groups in total. The molecular formula is C20H19N3O2. The van der Waals surface area contributed by atoms with Crippen molar-refractivity contribution in [1.29, 1.82) is 0 Å². The maximum Gasteiger partial charge on any atom is 0.189 e. The molecule has 0 saturated heterocycles. The van der Waals surface area contributed by atoms with Crippen molar-refractivity contribution in [2.45, 2.75) is 20.1 Å². The largest absolute Gasteiger partial charge is 0.489 e. The third kappa shape index (κ3) is 4.64. The first-order valence-electron chi connectivity index (χ1n) is 8.11. The highest BCUT2D eigenvalue weighted by Gasteiger charge is 2.04. The molecule has 0 fully saturated rings. The fourth-order valence-corrected chi connectivity index (χ4v) is 2.25. The standard InChI is InChI=1S/C20H19N3O2/c1-2-23-14-18(13-22-23)20(24)8-5-16-3-6-19(7-4-16)25-15-17-9-11-21-12-10-17/h3-14H,2,15H2,1H3. The quantitative estimate of drug-likeness (QED) is 0.488. The lowest BCUT2D eigenvalue weighted by molar-refractivity contribution is 0.104. The second-order valence-electron chi connectivity index (χ2n) is 5.50. The minimum atomic E-state index is -0.0577. The van der Waals surface area contributed by atoms with E-state index in [1.54, 1.807) is 41.6 Å². The van der Waals surface area contributed by atoms with E-state index in [0.29, 0.717) is 12.2 Å². The van der Waals surface area contributed by atoms with Crippen LogP contribution in [0.15, 0.2) is 67.3 Å². The summed E-state index contributed by atoms with van der Waals surface area (Å²) in [5.41, 5.74) is 2.60. The van der Waals surface area contributed by atoms with Gasteiger partial charge in [0, 0.05) is 25.1 Å². The number of ether oxygens (including phenoxy) is 1. The van der Waals surface area contributed by atoms with Crippen LogP contribution in [-0.4, -0.2) is 20.5 Å². The SMILES string of the molecule is CCn1cc(C(=O)C=Cc2ccc(OCc3ccncc3)cc2)cn1. The zero-order chi connectivity index (χ0) is 17.5. The Morgan fingerprint density at radius 1 is 1.16 bits per heavy atom. The first kappa shape index (κ1) is 16.6. The van der Waals surface area contributed by atoms with Gasteiger partial charge < -0.3 is 4.74 Å². The molecule has 5 heteroatoms. The minimum Gasteiger partial charge on any atom is -0.489 e. The van der Waals surface area contributed by atoms with Gasteiger partial charge in [0.1, 0.15) is 12.4 Å². The van der Waals surface area contributed by atoms with E-state index in [0.717, 1.165) is 23.4 Å². The second kappa shape index (κ2) is 8.06. The molecule has 0 saturated carbocycles. The third-order valence-corrected chi connectivity index (χ3v) is 3.70. The van der Waals surface area contributed by atoms with Crippen molar-refractivity contribution in [2.24, 2.45) is 0 Å².